The first kappa shape index (κ1) is 9.18. The van der Waals surface area contributed by atoms with Crippen molar-refractivity contribution in [3.8, 4) is 0 Å². The third-order valence-electron chi connectivity index (χ3n) is 1.26. The van der Waals surface area contributed by atoms with Gasteiger partial charge < -0.3 is 5.73 Å². The van der Waals surface area contributed by atoms with Crippen LogP contribution in [0.25, 0.3) is 0 Å². The van der Waals surface area contributed by atoms with Crippen molar-refractivity contribution in [1.82, 2.24) is 5.43 Å². The summed E-state index contributed by atoms with van der Waals surface area (Å²) in [4.78, 5) is 10.2. The van der Waals surface area contributed by atoms with Crippen molar-refractivity contribution < 1.29 is 9.18 Å². The van der Waals surface area contributed by atoms with Crippen molar-refractivity contribution in [3.63, 3.8) is 0 Å². The van der Waals surface area contributed by atoms with Gasteiger partial charge in [0.15, 0.2) is 0 Å². The second kappa shape index (κ2) is 4.20. The van der Waals surface area contributed by atoms with Crippen molar-refractivity contribution in [1.29, 1.82) is 0 Å². The van der Waals surface area contributed by atoms with E-state index in [-0.39, 0.29) is 5.82 Å². The molecule has 5 heteroatoms. The molecule has 0 atom stereocenters. The van der Waals surface area contributed by atoms with E-state index in [0.717, 1.165) is 0 Å². The van der Waals surface area contributed by atoms with Crippen molar-refractivity contribution >= 4 is 12.2 Å². The minimum absolute atomic E-state index is 0.319. The lowest BCUT2D eigenvalue weighted by molar-refractivity contribution is 0.249. The minimum Gasteiger partial charge on any atom is -0.350 e. The number of urea groups is 1. The molecule has 0 heterocycles. The van der Waals surface area contributed by atoms with E-state index in [9.17, 15) is 9.18 Å². The van der Waals surface area contributed by atoms with Crippen molar-refractivity contribution in [3.05, 3.63) is 35.6 Å². The van der Waals surface area contributed by atoms with Crippen molar-refractivity contribution in [2.75, 3.05) is 0 Å². The van der Waals surface area contributed by atoms with Gasteiger partial charge in [0.2, 0.25) is 0 Å². The molecule has 0 aliphatic heterocycles. The fourth-order valence-corrected chi connectivity index (χ4v) is 0.719. The van der Waals surface area contributed by atoms with Crippen LogP contribution in [-0.2, 0) is 0 Å². The van der Waals surface area contributed by atoms with Gasteiger partial charge in [-0.25, -0.2) is 14.6 Å². The number of carbonyl (C=O) groups is 1. The Morgan fingerprint density at radius 1 is 1.46 bits per heavy atom. The number of carbonyl (C=O) groups excluding carboxylic acids is 1. The van der Waals surface area contributed by atoms with Gasteiger partial charge in [-0.05, 0) is 17.7 Å². The standard InChI is InChI=1S/C8H8FN3O/c9-7-3-1-6(2-4-7)5-11-12-8(10)13/h1-5H,(H3,10,12,13). The Labute approximate surface area is 74.2 Å². The molecule has 13 heavy (non-hydrogen) atoms. The van der Waals surface area contributed by atoms with E-state index in [2.05, 4.69) is 5.10 Å². The van der Waals surface area contributed by atoms with Crippen LogP contribution in [0.1, 0.15) is 5.56 Å². The Bertz CT molecular complexity index is 321. The van der Waals surface area contributed by atoms with Crippen molar-refractivity contribution in [2.45, 2.75) is 0 Å². The molecule has 0 saturated carbocycles. The zero-order valence-corrected chi connectivity index (χ0v) is 6.70. The SMILES string of the molecule is NC(=O)NN=Cc1ccc(F)cc1. The smallest absolute Gasteiger partial charge is 0.332 e. The molecule has 0 aliphatic rings. The van der Waals surface area contributed by atoms with E-state index in [1.54, 1.807) is 0 Å². The third-order valence-corrected chi connectivity index (χ3v) is 1.26. The van der Waals surface area contributed by atoms with Crippen LogP contribution in [0.2, 0.25) is 0 Å². The number of rotatable bonds is 2. The highest BCUT2D eigenvalue weighted by Crippen LogP contribution is 1.99. The molecule has 0 radical (unpaired) electrons. The maximum absolute atomic E-state index is 12.4. The molecule has 0 spiro atoms. The van der Waals surface area contributed by atoms with Gasteiger partial charge in [0.25, 0.3) is 0 Å². The fraction of sp³-hybridized carbons (Fsp3) is 0. The molecule has 0 fully saturated rings. The number of hydrogen-bond donors (Lipinski definition) is 2. The number of halogens is 1. The number of amides is 2. The topological polar surface area (TPSA) is 67.5 Å². The molecule has 1 rings (SSSR count). The van der Waals surface area contributed by atoms with Crippen LogP contribution in [0.5, 0.6) is 0 Å². The summed E-state index contributed by atoms with van der Waals surface area (Å²) in [5, 5.41) is 3.50. The molecular formula is C8H8FN3O. The van der Waals surface area contributed by atoms with Gasteiger partial charge >= 0.3 is 6.03 Å². The molecule has 3 N–H and O–H groups in total. The molecule has 2 amide bonds. The van der Waals surface area contributed by atoms with E-state index in [1.807, 2.05) is 5.43 Å². The number of primary amides is 1. The van der Waals surface area contributed by atoms with E-state index in [4.69, 9.17) is 5.73 Å². The summed E-state index contributed by atoms with van der Waals surface area (Å²) in [6.07, 6.45) is 1.37. The first-order valence-electron chi connectivity index (χ1n) is 3.52. The Hall–Kier alpha value is -1.91. The van der Waals surface area contributed by atoms with Gasteiger partial charge in [-0.2, -0.15) is 5.10 Å². The maximum Gasteiger partial charge on any atom is 0.332 e. The first-order chi connectivity index (χ1) is 6.18. The van der Waals surface area contributed by atoms with Crippen molar-refractivity contribution in [2.24, 2.45) is 10.8 Å². The van der Waals surface area contributed by atoms with Crippen LogP contribution in [-0.4, -0.2) is 12.2 Å². The lowest BCUT2D eigenvalue weighted by Crippen LogP contribution is -2.24. The Morgan fingerprint density at radius 3 is 2.62 bits per heavy atom. The summed E-state index contributed by atoms with van der Waals surface area (Å²) < 4.78 is 12.4. The first-order valence-corrected chi connectivity index (χ1v) is 3.52. The summed E-state index contributed by atoms with van der Waals surface area (Å²) >= 11 is 0. The lowest BCUT2D eigenvalue weighted by atomic mass is 10.2. The van der Waals surface area contributed by atoms with E-state index in [1.165, 1.54) is 30.5 Å². The van der Waals surface area contributed by atoms with Gasteiger partial charge in [0.05, 0.1) is 6.21 Å². The highest BCUT2D eigenvalue weighted by molar-refractivity contribution is 5.81. The van der Waals surface area contributed by atoms with Crippen LogP contribution >= 0.6 is 0 Å². The van der Waals surface area contributed by atoms with Gasteiger partial charge in [0.1, 0.15) is 5.82 Å². The zero-order chi connectivity index (χ0) is 9.68. The minimum atomic E-state index is -0.738. The van der Waals surface area contributed by atoms with Crippen LogP contribution in [0.15, 0.2) is 29.4 Å². The molecule has 0 aliphatic carbocycles. The molecule has 0 aromatic heterocycles. The highest BCUT2D eigenvalue weighted by Gasteiger charge is 1.89. The lowest BCUT2D eigenvalue weighted by Gasteiger charge is -1.92. The van der Waals surface area contributed by atoms with Crippen LogP contribution in [0, 0.1) is 5.82 Å². The normalized spacial score (nSPS) is 10.2. The van der Waals surface area contributed by atoms with E-state index >= 15 is 0 Å². The number of nitrogens with two attached hydrogens (primary N) is 1. The van der Waals surface area contributed by atoms with Crippen LogP contribution < -0.4 is 11.2 Å². The number of nitrogens with zero attached hydrogens (tertiary/aromatic N) is 1. The maximum atomic E-state index is 12.4. The average Bonchev–Trinajstić information content (AvgIpc) is 2.08. The summed E-state index contributed by atoms with van der Waals surface area (Å²) in [7, 11) is 0. The van der Waals surface area contributed by atoms with Crippen LogP contribution in [0.3, 0.4) is 0 Å². The summed E-state index contributed by atoms with van der Waals surface area (Å²) in [6.45, 7) is 0. The number of hydrazone groups is 1. The van der Waals surface area contributed by atoms with Gasteiger partial charge in [0, 0.05) is 0 Å². The molecule has 1 aromatic carbocycles. The van der Waals surface area contributed by atoms with Crippen LogP contribution in [0.4, 0.5) is 9.18 Å². The predicted molar refractivity (Wildman–Crippen MR) is 46.7 cm³/mol. The second-order valence-corrected chi connectivity index (χ2v) is 2.29. The zero-order valence-electron chi connectivity index (χ0n) is 6.70. The number of hydrogen-bond acceptors (Lipinski definition) is 2. The third kappa shape index (κ3) is 3.33. The molecule has 68 valence electrons. The number of nitrogens with one attached hydrogen (secondary N) is 1. The summed E-state index contributed by atoms with van der Waals surface area (Å²) in [5.41, 5.74) is 7.46. The average molecular weight is 181 g/mol. The Kier molecular flexibility index (Phi) is 2.97. The summed E-state index contributed by atoms with van der Waals surface area (Å²) in [5.74, 6) is -0.319. The van der Waals surface area contributed by atoms with Gasteiger partial charge in [-0.1, -0.05) is 12.1 Å². The monoisotopic (exact) mass is 181 g/mol. The second-order valence-electron chi connectivity index (χ2n) is 2.29. The quantitative estimate of drug-likeness (QED) is 0.515. The number of benzene rings is 1. The highest BCUT2D eigenvalue weighted by atomic mass is 19.1. The van der Waals surface area contributed by atoms with Gasteiger partial charge in [-0.15, -0.1) is 0 Å². The Balaban J connectivity index is 2.59. The van der Waals surface area contributed by atoms with Gasteiger partial charge in [-0.3, -0.25) is 0 Å². The molecule has 0 saturated heterocycles. The Morgan fingerprint density at radius 2 is 2.08 bits per heavy atom. The van der Waals surface area contributed by atoms with E-state index in [0.29, 0.717) is 5.56 Å². The molecular weight excluding hydrogens is 173 g/mol. The van der Waals surface area contributed by atoms with E-state index < -0.39 is 6.03 Å². The molecule has 4 nitrogen and oxygen atoms in total. The summed E-state index contributed by atoms with van der Waals surface area (Å²) in [6, 6.07) is 4.92. The molecule has 0 unspecified atom stereocenters. The molecule has 0 bridgehead atoms. The predicted octanol–water partition coefficient (Wildman–Crippen LogP) is 0.828. The fourth-order valence-electron chi connectivity index (χ4n) is 0.719. The largest absolute Gasteiger partial charge is 0.350 e. The molecule has 1 aromatic rings.